The van der Waals surface area contributed by atoms with Crippen molar-refractivity contribution >= 4 is 39.8 Å². The molecule has 2 aromatic rings. The number of carbonyl (C=O) groups excluding carboxylic acids is 1. The summed E-state index contributed by atoms with van der Waals surface area (Å²) in [4.78, 5) is 22.8. The Morgan fingerprint density at radius 1 is 1.32 bits per heavy atom. The summed E-state index contributed by atoms with van der Waals surface area (Å²) in [6, 6.07) is 6.39. The number of anilines is 1. The molecule has 1 aromatic heterocycles. The van der Waals surface area contributed by atoms with Crippen LogP contribution in [0.5, 0.6) is 0 Å². The Kier molecular flexibility index (Phi) is 5.48. The highest BCUT2D eigenvalue weighted by Crippen LogP contribution is 2.24. The van der Waals surface area contributed by atoms with Crippen LogP contribution in [0.3, 0.4) is 0 Å². The van der Waals surface area contributed by atoms with Gasteiger partial charge in [-0.3, -0.25) is 18.1 Å². The molecule has 2 rings (SSSR count). The molecule has 0 spiro atoms. The van der Waals surface area contributed by atoms with Crippen LogP contribution >= 0.6 is 0 Å². The van der Waals surface area contributed by atoms with Crippen molar-refractivity contribution in [1.82, 2.24) is 4.57 Å². The van der Waals surface area contributed by atoms with E-state index in [2.05, 4.69) is 0 Å². The van der Waals surface area contributed by atoms with E-state index in [9.17, 15) is 18.4 Å². The van der Waals surface area contributed by atoms with Gasteiger partial charge in [0.1, 0.15) is 18.7 Å². The van der Waals surface area contributed by atoms with Crippen LogP contribution in [0.2, 0.25) is 0 Å². The first-order chi connectivity index (χ1) is 11.6. The van der Waals surface area contributed by atoms with Crippen molar-refractivity contribution in [2.75, 3.05) is 10.8 Å². The molecule has 1 aromatic carbocycles. The maximum Gasteiger partial charge on any atom is 0.327 e. The first-order valence-electron chi connectivity index (χ1n) is 7.46. The third kappa shape index (κ3) is 5.04. The molecule has 0 amide bonds. The first kappa shape index (κ1) is 18.9. The van der Waals surface area contributed by atoms with Crippen LogP contribution in [-0.4, -0.2) is 42.5 Å². The average Bonchev–Trinajstić information content (AvgIpc) is 2.84. The maximum atomic E-state index is 11.9. The van der Waals surface area contributed by atoms with Gasteiger partial charge in [-0.1, -0.05) is 0 Å². The van der Waals surface area contributed by atoms with E-state index in [1.165, 1.54) is 10.6 Å². The van der Waals surface area contributed by atoms with Gasteiger partial charge in [-0.2, -0.15) is 0 Å². The molecule has 0 aliphatic rings. The second kappa shape index (κ2) is 7.24. The fraction of sp³-hybridized carbons (Fsp3) is 0.375. The molecule has 136 valence electrons. The largest absolute Gasteiger partial charge is 0.755 e. The third-order valence-electron chi connectivity index (χ3n) is 3.22. The zero-order valence-electron chi connectivity index (χ0n) is 14.1. The van der Waals surface area contributed by atoms with Crippen LogP contribution in [0.15, 0.2) is 30.5 Å². The number of nitrogens with zero attached hydrogens (tertiary/aromatic N) is 2. The standard InChI is InChI=1S/C16H20N2O6S/c1-16(2,3)24-15(21)10-18(25(22)23)12-4-5-13-11(8-12)6-7-17(13)9-14(19)20/h4-8H,9-10H2,1-3H3,(H,19,20)(H,22,23)/p-1. The lowest BCUT2D eigenvalue weighted by atomic mass is 10.2. The normalized spacial score (nSPS) is 12.8. The van der Waals surface area contributed by atoms with Gasteiger partial charge in [-0.05, 0) is 45.0 Å². The number of benzene rings is 1. The average molecular weight is 367 g/mol. The summed E-state index contributed by atoms with van der Waals surface area (Å²) in [5, 5.41) is 9.56. The minimum atomic E-state index is -2.67. The highest BCUT2D eigenvalue weighted by molar-refractivity contribution is 7.80. The molecule has 0 fully saturated rings. The van der Waals surface area contributed by atoms with E-state index in [-0.39, 0.29) is 6.54 Å². The number of ether oxygens (including phenoxy) is 1. The minimum absolute atomic E-state index is 0.196. The zero-order valence-corrected chi connectivity index (χ0v) is 14.9. The van der Waals surface area contributed by atoms with Crippen molar-refractivity contribution in [1.29, 1.82) is 0 Å². The van der Waals surface area contributed by atoms with Crippen LogP contribution in [0.4, 0.5) is 5.69 Å². The molecule has 1 heterocycles. The first-order valence-corrected chi connectivity index (χ1v) is 8.49. The Hall–Kier alpha value is -2.39. The lowest BCUT2D eigenvalue weighted by molar-refractivity contribution is -0.152. The SMILES string of the molecule is CC(C)(C)OC(=O)CN(c1ccc2c(ccn2CC(=O)O)c1)S(=O)[O-]. The van der Waals surface area contributed by atoms with Gasteiger partial charge in [0.05, 0.1) is 0 Å². The third-order valence-corrected chi connectivity index (χ3v) is 3.92. The van der Waals surface area contributed by atoms with Gasteiger partial charge < -0.3 is 19.0 Å². The van der Waals surface area contributed by atoms with E-state index in [0.717, 1.165) is 4.31 Å². The second-order valence-electron chi connectivity index (χ2n) is 6.42. The number of aromatic nitrogens is 1. The van der Waals surface area contributed by atoms with Gasteiger partial charge in [0.2, 0.25) is 0 Å². The predicted molar refractivity (Wildman–Crippen MR) is 91.7 cm³/mol. The number of hydrogen-bond donors (Lipinski definition) is 1. The number of rotatable bonds is 6. The van der Waals surface area contributed by atoms with Crippen molar-refractivity contribution in [2.24, 2.45) is 0 Å². The summed E-state index contributed by atoms with van der Waals surface area (Å²) in [5.41, 5.74) is 0.227. The number of aliphatic carboxylic acids is 1. The Morgan fingerprint density at radius 3 is 2.56 bits per heavy atom. The second-order valence-corrected chi connectivity index (χ2v) is 7.30. The summed E-state index contributed by atoms with van der Waals surface area (Å²) < 4.78 is 30.6. The summed E-state index contributed by atoms with van der Waals surface area (Å²) in [6.07, 6.45) is 1.61. The zero-order chi connectivity index (χ0) is 18.8. The lowest BCUT2D eigenvalue weighted by Crippen LogP contribution is -2.36. The van der Waals surface area contributed by atoms with E-state index in [4.69, 9.17) is 9.84 Å². The molecule has 1 atom stereocenters. The molecular weight excluding hydrogens is 348 g/mol. The Balaban J connectivity index is 2.28. The monoisotopic (exact) mass is 367 g/mol. The van der Waals surface area contributed by atoms with Gasteiger partial charge in [0, 0.05) is 34.1 Å². The summed E-state index contributed by atoms with van der Waals surface area (Å²) in [5.74, 6) is -1.64. The molecule has 0 saturated heterocycles. The van der Waals surface area contributed by atoms with Crippen molar-refractivity contribution in [3.63, 3.8) is 0 Å². The molecule has 0 aliphatic heterocycles. The van der Waals surface area contributed by atoms with Crippen molar-refractivity contribution in [2.45, 2.75) is 32.9 Å². The molecule has 25 heavy (non-hydrogen) atoms. The molecule has 1 unspecified atom stereocenters. The Labute approximate surface area is 147 Å². The maximum absolute atomic E-state index is 11.9. The molecule has 0 saturated carbocycles. The van der Waals surface area contributed by atoms with Gasteiger partial charge in [-0.25, -0.2) is 0 Å². The molecular formula is C16H19N2O6S-. The number of carboxylic acid groups (broad SMARTS) is 1. The van der Waals surface area contributed by atoms with E-state index in [0.29, 0.717) is 16.6 Å². The predicted octanol–water partition coefficient (Wildman–Crippen LogP) is 1.67. The quantitative estimate of drug-likeness (QED) is 0.614. The Morgan fingerprint density at radius 2 is 2.00 bits per heavy atom. The fourth-order valence-corrected chi connectivity index (χ4v) is 2.84. The van der Waals surface area contributed by atoms with Gasteiger partial charge in [0.25, 0.3) is 0 Å². The molecule has 9 heteroatoms. The number of esters is 1. The van der Waals surface area contributed by atoms with E-state index < -0.39 is 35.4 Å². The number of fused-ring (bicyclic) bond motifs is 1. The summed E-state index contributed by atoms with van der Waals surface area (Å²) in [6.45, 7) is 4.44. The van der Waals surface area contributed by atoms with Gasteiger partial charge in [0.15, 0.2) is 0 Å². The highest BCUT2D eigenvalue weighted by Gasteiger charge is 2.20. The summed E-state index contributed by atoms with van der Waals surface area (Å²) >= 11 is -2.67. The van der Waals surface area contributed by atoms with Crippen molar-refractivity contribution in [3.8, 4) is 0 Å². The smallest absolute Gasteiger partial charge is 0.327 e. The lowest BCUT2D eigenvalue weighted by Gasteiger charge is -2.27. The highest BCUT2D eigenvalue weighted by atomic mass is 32.2. The van der Waals surface area contributed by atoms with Crippen molar-refractivity contribution in [3.05, 3.63) is 30.5 Å². The number of carbonyl (C=O) groups is 2. The molecule has 0 aliphatic carbocycles. The van der Waals surface area contributed by atoms with Gasteiger partial charge in [-0.15, -0.1) is 0 Å². The van der Waals surface area contributed by atoms with Crippen molar-refractivity contribution < 1.29 is 28.2 Å². The Bertz CT molecular complexity index is 824. The molecule has 0 bridgehead atoms. The van der Waals surface area contributed by atoms with Crippen LogP contribution in [0.1, 0.15) is 20.8 Å². The van der Waals surface area contributed by atoms with Gasteiger partial charge >= 0.3 is 11.9 Å². The van der Waals surface area contributed by atoms with E-state index >= 15 is 0 Å². The van der Waals surface area contributed by atoms with Crippen LogP contribution < -0.4 is 4.31 Å². The van der Waals surface area contributed by atoms with Crippen LogP contribution in [0, 0.1) is 0 Å². The van der Waals surface area contributed by atoms with E-state index in [1.807, 2.05) is 0 Å². The number of carboxylic acids is 1. The number of hydrogen-bond acceptors (Lipinski definition) is 5. The van der Waals surface area contributed by atoms with E-state index in [1.54, 1.807) is 45.2 Å². The fourth-order valence-electron chi connectivity index (χ4n) is 2.35. The summed E-state index contributed by atoms with van der Waals surface area (Å²) in [7, 11) is 0. The molecule has 1 N–H and O–H groups in total. The molecule has 0 radical (unpaired) electrons. The topological polar surface area (TPSA) is 112 Å². The minimum Gasteiger partial charge on any atom is -0.755 e. The molecule has 8 nitrogen and oxygen atoms in total. The van der Waals surface area contributed by atoms with Crippen LogP contribution in [0.25, 0.3) is 10.9 Å². The van der Waals surface area contributed by atoms with Crippen LogP contribution in [-0.2, 0) is 32.1 Å².